The number of nitrogens with zero attached hydrogens (tertiary/aromatic N) is 1. The summed E-state index contributed by atoms with van der Waals surface area (Å²) in [6, 6.07) is 16.1. The molecule has 0 atom stereocenters. The fourth-order valence-corrected chi connectivity index (χ4v) is 3.42. The minimum atomic E-state index is 0.0326. The van der Waals surface area contributed by atoms with E-state index in [4.69, 9.17) is 4.84 Å². The lowest BCUT2D eigenvalue weighted by Crippen LogP contribution is -2.27. The van der Waals surface area contributed by atoms with Crippen molar-refractivity contribution in [3.63, 3.8) is 0 Å². The Hall–Kier alpha value is -3.21. The molecule has 4 aromatic rings. The van der Waals surface area contributed by atoms with Gasteiger partial charge >= 0.3 is 0 Å². The van der Waals surface area contributed by atoms with Crippen LogP contribution in [0.3, 0.4) is 0 Å². The molecule has 5 heteroatoms. The van der Waals surface area contributed by atoms with Crippen LogP contribution in [0.5, 0.6) is 0 Å². The van der Waals surface area contributed by atoms with Crippen LogP contribution in [0, 0.1) is 0 Å². The topological polar surface area (TPSA) is 59.0 Å². The van der Waals surface area contributed by atoms with Crippen LogP contribution in [0.25, 0.3) is 21.8 Å². The van der Waals surface area contributed by atoms with Gasteiger partial charge in [0.1, 0.15) is 7.11 Å². The minimum absolute atomic E-state index is 0.0326. The van der Waals surface area contributed by atoms with Crippen LogP contribution in [-0.2, 0) is 17.6 Å². The van der Waals surface area contributed by atoms with Gasteiger partial charge in [0.05, 0.1) is 11.9 Å². The summed E-state index contributed by atoms with van der Waals surface area (Å²) < 4.78 is 1.76. The standard InChI is InChI=1S/C21H21N3O2/c1-26-24-14-15(18-7-3-5-9-20(18)24)10-11-22-21(25)12-16-13-23-19-8-4-2-6-17(16)19/h2-9,13-14,23H,10-12H2,1H3,(H,22,25). The molecule has 2 aromatic carbocycles. The molecule has 5 nitrogen and oxygen atoms in total. The monoisotopic (exact) mass is 347 g/mol. The van der Waals surface area contributed by atoms with E-state index in [1.165, 1.54) is 0 Å². The lowest BCUT2D eigenvalue weighted by Gasteiger charge is -2.04. The van der Waals surface area contributed by atoms with Crippen LogP contribution in [0.1, 0.15) is 11.1 Å². The zero-order chi connectivity index (χ0) is 17.9. The fourth-order valence-electron chi connectivity index (χ4n) is 3.42. The number of fused-ring (bicyclic) bond motifs is 2. The first-order chi connectivity index (χ1) is 12.8. The van der Waals surface area contributed by atoms with Crippen molar-refractivity contribution < 1.29 is 9.63 Å². The second-order valence-corrected chi connectivity index (χ2v) is 6.32. The number of benzene rings is 2. The molecule has 0 spiro atoms. The van der Waals surface area contributed by atoms with Crippen molar-refractivity contribution in [2.24, 2.45) is 0 Å². The van der Waals surface area contributed by atoms with Gasteiger partial charge in [-0.3, -0.25) is 4.79 Å². The van der Waals surface area contributed by atoms with E-state index in [-0.39, 0.29) is 5.91 Å². The van der Waals surface area contributed by atoms with Crippen LogP contribution in [-0.4, -0.2) is 29.3 Å². The van der Waals surface area contributed by atoms with Gasteiger partial charge in [0.2, 0.25) is 5.91 Å². The SMILES string of the molecule is COn1cc(CCNC(=O)Cc2c[nH]c3ccccc23)c2ccccc21. The number of hydrogen-bond acceptors (Lipinski definition) is 2. The number of nitrogens with one attached hydrogen (secondary N) is 2. The highest BCUT2D eigenvalue weighted by Crippen LogP contribution is 2.21. The Balaban J connectivity index is 1.40. The van der Waals surface area contributed by atoms with Crippen LogP contribution < -0.4 is 10.2 Å². The molecule has 0 saturated heterocycles. The molecule has 0 aliphatic rings. The minimum Gasteiger partial charge on any atom is -0.417 e. The van der Waals surface area contributed by atoms with E-state index in [9.17, 15) is 4.79 Å². The number of carbonyl (C=O) groups excluding carboxylic acids is 1. The molecule has 0 bridgehead atoms. The molecule has 132 valence electrons. The molecule has 4 rings (SSSR count). The Labute approximate surface area is 151 Å². The van der Waals surface area contributed by atoms with E-state index in [1.807, 2.05) is 54.9 Å². The number of aromatic amines is 1. The molecule has 0 aliphatic heterocycles. The van der Waals surface area contributed by atoms with Crippen LogP contribution in [0.15, 0.2) is 60.9 Å². The van der Waals surface area contributed by atoms with E-state index in [0.29, 0.717) is 13.0 Å². The third-order valence-corrected chi connectivity index (χ3v) is 4.70. The van der Waals surface area contributed by atoms with Crippen LogP contribution >= 0.6 is 0 Å². The smallest absolute Gasteiger partial charge is 0.224 e. The van der Waals surface area contributed by atoms with Gasteiger partial charge in [0.15, 0.2) is 0 Å². The first-order valence-corrected chi connectivity index (χ1v) is 8.71. The Bertz CT molecular complexity index is 1060. The summed E-state index contributed by atoms with van der Waals surface area (Å²) in [6.07, 6.45) is 5.04. The molecular weight excluding hydrogens is 326 g/mol. The summed E-state index contributed by atoms with van der Waals surface area (Å²) in [4.78, 5) is 20.9. The summed E-state index contributed by atoms with van der Waals surface area (Å²) in [5.74, 6) is 0.0326. The highest BCUT2D eigenvalue weighted by atomic mass is 16.6. The van der Waals surface area contributed by atoms with E-state index in [2.05, 4.69) is 16.4 Å². The van der Waals surface area contributed by atoms with E-state index in [1.54, 1.807) is 11.8 Å². The molecule has 0 saturated carbocycles. The zero-order valence-electron chi connectivity index (χ0n) is 14.7. The van der Waals surface area contributed by atoms with Gasteiger partial charge in [0, 0.05) is 35.2 Å². The van der Waals surface area contributed by atoms with E-state index in [0.717, 1.165) is 39.4 Å². The van der Waals surface area contributed by atoms with Crippen molar-refractivity contribution in [3.05, 3.63) is 72.1 Å². The molecule has 26 heavy (non-hydrogen) atoms. The van der Waals surface area contributed by atoms with Crippen molar-refractivity contribution in [2.45, 2.75) is 12.8 Å². The van der Waals surface area contributed by atoms with Gasteiger partial charge in [-0.25, -0.2) is 0 Å². The summed E-state index contributed by atoms with van der Waals surface area (Å²) in [6.45, 7) is 0.596. The van der Waals surface area contributed by atoms with Crippen LogP contribution in [0.4, 0.5) is 0 Å². The lowest BCUT2D eigenvalue weighted by atomic mass is 10.1. The van der Waals surface area contributed by atoms with Crippen molar-refractivity contribution in [1.29, 1.82) is 0 Å². The van der Waals surface area contributed by atoms with Gasteiger partial charge < -0.3 is 15.1 Å². The van der Waals surface area contributed by atoms with E-state index < -0.39 is 0 Å². The highest BCUT2D eigenvalue weighted by Gasteiger charge is 2.10. The number of amides is 1. The second kappa shape index (κ2) is 6.96. The number of aromatic nitrogens is 2. The number of para-hydroxylation sites is 2. The molecule has 2 heterocycles. The summed E-state index contributed by atoms with van der Waals surface area (Å²) >= 11 is 0. The number of hydrogen-bond donors (Lipinski definition) is 2. The third kappa shape index (κ3) is 3.04. The Morgan fingerprint density at radius 3 is 2.69 bits per heavy atom. The van der Waals surface area contributed by atoms with Crippen LogP contribution in [0.2, 0.25) is 0 Å². The molecule has 1 amide bonds. The maximum atomic E-state index is 12.3. The number of rotatable bonds is 6. The molecular formula is C21H21N3O2. The van der Waals surface area contributed by atoms with Gasteiger partial charge in [0.25, 0.3) is 0 Å². The van der Waals surface area contributed by atoms with Crippen molar-refractivity contribution in [1.82, 2.24) is 15.0 Å². The number of H-pyrrole nitrogens is 1. The van der Waals surface area contributed by atoms with Crippen molar-refractivity contribution in [2.75, 3.05) is 13.7 Å². The fraction of sp³-hybridized carbons (Fsp3) is 0.190. The Kier molecular flexibility index (Phi) is 4.35. The van der Waals surface area contributed by atoms with Crippen molar-refractivity contribution >= 4 is 27.7 Å². The zero-order valence-corrected chi connectivity index (χ0v) is 14.7. The summed E-state index contributed by atoms with van der Waals surface area (Å²) in [7, 11) is 1.65. The summed E-state index contributed by atoms with van der Waals surface area (Å²) in [5, 5.41) is 5.28. The van der Waals surface area contributed by atoms with Gasteiger partial charge in [-0.05, 0) is 29.7 Å². The highest BCUT2D eigenvalue weighted by molar-refractivity contribution is 5.89. The van der Waals surface area contributed by atoms with Crippen molar-refractivity contribution in [3.8, 4) is 0 Å². The summed E-state index contributed by atoms with van der Waals surface area (Å²) in [5.41, 5.74) is 4.28. The molecule has 0 radical (unpaired) electrons. The van der Waals surface area contributed by atoms with E-state index >= 15 is 0 Å². The molecule has 2 N–H and O–H groups in total. The van der Waals surface area contributed by atoms with Gasteiger partial charge in [-0.15, -0.1) is 0 Å². The predicted octanol–water partition coefficient (Wildman–Crippen LogP) is 3.08. The average molecular weight is 347 g/mol. The quantitative estimate of drug-likeness (QED) is 0.563. The molecule has 2 aromatic heterocycles. The largest absolute Gasteiger partial charge is 0.417 e. The maximum Gasteiger partial charge on any atom is 0.224 e. The molecule has 0 aliphatic carbocycles. The predicted molar refractivity (Wildman–Crippen MR) is 103 cm³/mol. The lowest BCUT2D eigenvalue weighted by molar-refractivity contribution is -0.120. The Morgan fingerprint density at radius 2 is 1.85 bits per heavy atom. The molecule has 0 fully saturated rings. The average Bonchev–Trinajstić information content (AvgIpc) is 3.24. The Morgan fingerprint density at radius 1 is 1.08 bits per heavy atom. The van der Waals surface area contributed by atoms with Gasteiger partial charge in [-0.2, -0.15) is 4.73 Å². The van der Waals surface area contributed by atoms with Gasteiger partial charge in [-0.1, -0.05) is 36.4 Å². The third-order valence-electron chi connectivity index (χ3n) is 4.70. The first kappa shape index (κ1) is 16.3. The normalized spacial score (nSPS) is 11.1. The second-order valence-electron chi connectivity index (χ2n) is 6.32. The molecule has 0 unspecified atom stereocenters. The first-order valence-electron chi connectivity index (χ1n) is 8.71. The number of carbonyl (C=O) groups is 1. The maximum absolute atomic E-state index is 12.3.